The first-order chi connectivity index (χ1) is 15.8. The molecule has 1 aliphatic carbocycles. The summed E-state index contributed by atoms with van der Waals surface area (Å²) in [5.74, 6) is -0.120. The van der Waals surface area contributed by atoms with Crippen LogP contribution in [-0.2, 0) is 26.2 Å². The van der Waals surface area contributed by atoms with Crippen LogP contribution in [0.25, 0.3) is 11.1 Å². The van der Waals surface area contributed by atoms with Crippen LogP contribution in [0.4, 0.5) is 0 Å². The van der Waals surface area contributed by atoms with Crippen molar-refractivity contribution in [3.05, 3.63) is 54.1 Å². The summed E-state index contributed by atoms with van der Waals surface area (Å²) in [5.41, 5.74) is 1.26. The van der Waals surface area contributed by atoms with Gasteiger partial charge in [0.1, 0.15) is 5.41 Å². The molecule has 2 aromatic rings. The number of rotatable bonds is 8. The number of hydrogen-bond acceptors (Lipinski definition) is 4. The summed E-state index contributed by atoms with van der Waals surface area (Å²) in [6, 6.07) is 14.0. The van der Waals surface area contributed by atoms with Crippen LogP contribution in [0.1, 0.15) is 57.4 Å². The molecule has 0 atom stereocenters. The highest BCUT2D eigenvalue weighted by Crippen LogP contribution is 2.46. The van der Waals surface area contributed by atoms with E-state index >= 15 is 0 Å². The number of hydrazine groups is 1. The molecule has 1 aliphatic heterocycles. The number of sulfonamides is 1. The first kappa shape index (κ1) is 23.4. The SMILES string of the molecule is CCCCCN1C(=O)C2(CCCC2)C(=O)N1Cc1ccc(-c2ccccc2S(N)(=O)=O)cc1. The Morgan fingerprint density at radius 1 is 0.909 bits per heavy atom. The van der Waals surface area contributed by atoms with E-state index in [1.165, 1.54) is 6.07 Å². The number of unbranched alkanes of at least 4 members (excludes halogenated alkanes) is 2. The molecule has 2 N–H and O–H groups in total. The number of nitrogens with zero attached hydrogens (tertiary/aromatic N) is 2. The van der Waals surface area contributed by atoms with Gasteiger partial charge in [0.25, 0.3) is 11.8 Å². The molecule has 0 radical (unpaired) electrons. The van der Waals surface area contributed by atoms with Crippen molar-refractivity contribution in [2.24, 2.45) is 10.6 Å². The average Bonchev–Trinajstić information content (AvgIpc) is 3.37. The molecule has 1 spiro atoms. The highest BCUT2D eigenvalue weighted by Gasteiger charge is 2.58. The van der Waals surface area contributed by atoms with Crippen LogP contribution < -0.4 is 5.14 Å². The summed E-state index contributed by atoms with van der Waals surface area (Å²) < 4.78 is 23.9. The van der Waals surface area contributed by atoms with Gasteiger partial charge >= 0.3 is 0 Å². The number of carbonyl (C=O) groups excluding carboxylic acids is 2. The lowest BCUT2D eigenvalue weighted by atomic mass is 9.85. The lowest BCUT2D eigenvalue weighted by molar-refractivity contribution is -0.148. The lowest BCUT2D eigenvalue weighted by Gasteiger charge is -2.28. The quantitative estimate of drug-likeness (QED) is 0.469. The van der Waals surface area contributed by atoms with Crippen molar-refractivity contribution in [1.82, 2.24) is 10.0 Å². The van der Waals surface area contributed by atoms with Crippen LogP contribution in [0, 0.1) is 5.41 Å². The Morgan fingerprint density at radius 2 is 1.55 bits per heavy atom. The maximum atomic E-state index is 13.4. The van der Waals surface area contributed by atoms with Gasteiger partial charge in [0, 0.05) is 12.1 Å². The van der Waals surface area contributed by atoms with Gasteiger partial charge < -0.3 is 0 Å². The average molecular weight is 470 g/mol. The van der Waals surface area contributed by atoms with Crippen molar-refractivity contribution in [3.8, 4) is 11.1 Å². The summed E-state index contributed by atoms with van der Waals surface area (Å²) in [6.45, 7) is 2.98. The van der Waals surface area contributed by atoms with Crippen LogP contribution in [0.3, 0.4) is 0 Å². The van der Waals surface area contributed by atoms with E-state index in [0.717, 1.165) is 43.2 Å². The molecule has 7 nitrogen and oxygen atoms in total. The minimum Gasteiger partial charge on any atom is -0.272 e. The lowest BCUT2D eigenvalue weighted by Crippen LogP contribution is -2.41. The molecule has 2 aliphatic rings. The zero-order valence-electron chi connectivity index (χ0n) is 19.0. The van der Waals surface area contributed by atoms with Gasteiger partial charge in [-0.1, -0.05) is 75.1 Å². The number of benzene rings is 2. The Kier molecular flexibility index (Phi) is 6.59. The molecule has 1 saturated carbocycles. The molecule has 4 rings (SSSR count). The summed E-state index contributed by atoms with van der Waals surface area (Å²) in [6.07, 6.45) is 6.01. The zero-order valence-corrected chi connectivity index (χ0v) is 19.8. The Bertz CT molecular complexity index is 1140. The van der Waals surface area contributed by atoms with Gasteiger partial charge in [-0.15, -0.1) is 0 Å². The Hall–Kier alpha value is -2.71. The molecule has 1 heterocycles. The second kappa shape index (κ2) is 9.27. The molecule has 1 saturated heterocycles. The number of nitrogens with two attached hydrogens (primary N) is 1. The standard InChI is InChI=1S/C25H31N3O4S/c1-2-3-8-17-27-23(29)25(15-6-7-16-25)24(30)28(27)18-19-11-13-20(14-12-19)21-9-4-5-10-22(21)33(26,31)32/h4-5,9-14H,2-3,6-8,15-18H2,1H3,(H2,26,31,32). The fourth-order valence-electron chi connectivity index (χ4n) is 5.02. The second-order valence-corrected chi connectivity index (χ2v) is 10.6. The van der Waals surface area contributed by atoms with Crippen molar-refractivity contribution in [2.75, 3.05) is 6.54 Å². The predicted octanol–water partition coefficient (Wildman–Crippen LogP) is 3.84. The third-order valence-corrected chi connectivity index (χ3v) is 7.77. The number of amides is 2. The molecule has 33 heavy (non-hydrogen) atoms. The van der Waals surface area contributed by atoms with Gasteiger partial charge in [0.05, 0.1) is 11.4 Å². The minimum atomic E-state index is -3.85. The zero-order chi connectivity index (χ0) is 23.6. The number of carbonyl (C=O) groups is 2. The van der Waals surface area contributed by atoms with Crippen molar-refractivity contribution in [1.29, 1.82) is 0 Å². The van der Waals surface area contributed by atoms with E-state index in [2.05, 4.69) is 6.92 Å². The van der Waals surface area contributed by atoms with E-state index in [4.69, 9.17) is 5.14 Å². The van der Waals surface area contributed by atoms with Crippen molar-refractivity contribution >= 4 is 21.8 Å². The van der Waals surface area contributed by atoms with E-state index in [1.54, 1.807) is 28.2 Å². The topological polar surface area (TPSA) is 101 Å². The highest BCUT2D eigenvalue weighted by molar-refractivity contribution is 7.89. The third kappa shape index (κ3) is 4.42. The summed E-state index contributed by atoms with van der Waals surface area (Å²) >= 11 is 0. The maximum Gasteiger partial charge on any atom is 0.257 e. The Labute approximate surface area is 195 Å². The first-order valence-corrected chi connectivity index (χ1v) is 13.2. The van der Waals surface area contributed by atoms with Crippen LogP contribution in [0.15, 0.2) is 53.4 Å². The molecule has 176 valence electrons. The molecule has 0 aromatic heterocycles. The smallest absolute Gasteiger partial charge is 0.257 e. The van der Waals surface area contributed by atoms with Gasteiger partial charge in [-0.25, -0.2) is 18.6 Å². The molecule has 2 amide bonds. The second-order valence-electron chi connectivity index (χ2n) is 9.03. The van der Waals surface area contributed by atoms with E-state index < -0.39 is 15.4 Å². The Balaban J connectivity index is 1.59. The van der Waals surface area contributed by atoms with Crippen LogP contribution >= 0.6 is 0 Å². The molecular weight excluding hydrogens is 438 g/mol. The van der Waals surface area contributed by atoms with Gasteiger partial charge in [-0.2, -0.15) is 0 Å². The number of hydrogen-bond donors (Lipinski definition) is 1. The first-order valence-electron chi connectivity index (χ1n) is 11.6. The largest absolute Gasteiger partial charge is 0.272 e. The third-order valence-electron chi connectivity index (χ3n) is 6.80. The highest BCUT2D eigenvalue weighted by atomic mass is 32.2. The van der Waals surface area contributed by atoms with E-state index in [0.29, 0.717) is 31.5 Å². The van der Waals surface area contributed by atoms with Gasteiger partial charge in [-0.3, -0.25) is 14.6 Å². The monoisotopic (exact) mass is 469 g/mol. The van der Waals surface area contributed by atoms with Crippen LogP contribution in [0.5, 0.6) is 0 Å². The van der Waals surface area contributed by atoms with Gasteiger partial charge in [0.15, 0.2) is 0 Å². The summed E-state index contributed by atoms with van der Waals surface area (Å²) in [4.78, 5) is 26.8. The minimum absolute atomic E-state index is 0.0418. The van der Waals surface area contributed by atoms with Crippen LogP contribution in [0.2, 0.25) is 0 Å². The van der Waals surface area contributed by atoms with E-state index in [9.17, 15) is 18.0 Å². The molecule has 0 bridgehead atoms. The molecule has 2 fully saturated rings. The normalized spacial score (nSPS) is 18.0. The predicted molar refractivity (Wildman–Crippen MR) is 126 cm³/mol. The molecule has 2 aromatic carbocycles. The molecule has 8 heteroatoms. The molecular formula is C25H31N3O4S. The van der Waals surface area contributed by atoms with Gasteiger partial charge in [0.2, 0.25) is 10.0 Å². The Morgan fingerprint density at radius 3 is 2.18 bits per heavy atom. The van der Waals surface area contributed by atoms with E-state index in [1.807, 2.05) is 24.3 Å². The summed E-state index contributed by atoms with van der Waals surface area (Å²) in [7, 11) is -3.85. The molecule has 0 unspecified atom stereocenters. The van der Waals surface area contributed by atoms with E-state index in [-0.39, 0.29) is 16.7 Å². The maximum absolute atomic E-state index is 13.4. The number of primary sulfonamides is 1. The summed E-state index contributed by atoms with van der Waals surface area (Å²) in [5, 5.41) is 8.68. The van der Waals surface area contributed by atoms with Crippen molar-refractivity contribution in [3.63, 3.8) is 0 Å². The van der Waals surface area contributed by atoms with Crippen molar-refractivity contribution in [2.45, 2.75) is 63.3 Å². The van der Waals surface area contributed by atoms with Gasteiger partial charge in [-0.05, 0) is 36.5 Å². The van der Waals surface area contributed by atoms with Crippen molar-refractivity contribution < 1.29 is 18.0 Å². The van der Waals surface area contributed by atoms with Crippen LogP contribution in [-0.4, -0.2) is 36.8 Å². The fraction of sp³-hybridized carbons (Fsp3) is 0.440. The fourth-order valence-corrected chi connectivity index (χ4v) is 5.78.